The van der Waals surface area contributed by atoms with E-state index < -0.39 is 5.97 Å². The van der Waals surface area contributed by atoms with Gasteiger partial charge in [0.15, 0.2) is 0 Å². The first-order chi connectivity index (χ1) is 7.70. The molecule has 1 N–H and O–H groups in total. The Hall–Kier alpha value is -1.26. The van der Waals surface area contributed by atoms with Gasteiger partial charge < -0.3 is 14.9 Å². The number of hydrogen-bond donors (Lipinski definition) is 1. The van der Waals surface area contributed by atoms with E-state index in [1.807, 2.05) is 0 Å². The molecular formula is C12H22N2O3. The van der Waals surface area contributed by atoms with Crippen LogP contribution in [0, 0.1) is 5.41 Å². The molecule has 0 atom stereocenters. The van der Waals surface area contributed by atoms with Crippen LogP contribution < -0.4 is 0 Å². The van der Waals surface area contributed by atoms with Crippen molar-refractivity contribution in [3.63, 3.8) is 0 Å². The number of nitrogens with zero attached hydrogens (tertiary/aromatic N) is 2. The summed E-state index contributed by atoms with van der Waals surface area (Å²) >= 11 is 0. The van der Waals surface area contributed by atoms with Gasteiger partial charge in [0.05, 0.1) is 0 Å². The monoisotopic (exact) mass is 242 g/mol. The predicted octanol–water partition coefficient (Wildman–Crippen LogP) is 1.63. The van der Waals surface area contributed by atoms with Crippen LogP contribution in [-0.2, 0) is 4.79 Å². The van der Waals surface area contributed by atoms with E-state index in [-0.39, 0.29) is 24.0 Å². The molecule has 0 unspecified atom stereocenters. The number of amides is 2. The zero-order valence-corrected chi connectivity index (χ0v) is 11.1. The number of carboxylic acids is 1. The van der Waals surface area contributed by atoms with Crippen LogP contribution in [0.15, 0.2) is 0 Å². The summed E-state index contributed by atoms with van der Waals surface area (Å²) in [4.78, 5) is 25.9. The minimum Gasteiger partial charge on any atom is -0.480 e. The Kier molecular flexibility index (Phi) is 4.01. The van der Waals surface area contributed by atoms with Crippen LogP contribution in [0.3, 0.4) is 0 Å². The highest BCUT2D eigenvalue weighted by Gasteiger charge is 2.35. The lowest BCUT2D eigenvalue weighted by Crippen LogP contribution is -2.47. The van der Waals surface area contributed by atoms with Gasteiger partial charge in [-0.05, 0) is 18.3 Å². The molecule has 0 aromatic carbocycles. The fourth-order valence-electron chi connectivity index (χ4n) is 1.88. The Morgan fingerprint density at radius 3 is 2.18 bits per heavy atom. The molecule has 0 aliphatic heterocycles. The first kappa shape index (κ1) is 13.8. The molecule has 1 fully saturated rings. The van der Waals surface area contributed by atoms with E-state index in [4.69, 9.17) is 5.11 Å². The molecule has 5 heteroatoms. The summed E-state index contributed by atoms with van der Waals surface area (Å²) < 4.78 is 0. The molecule has 1 aliphatic carbocycles. The van der Waals surface area contributed by atoms with E-state index in [1.54, 1.807) is 11.9 Å². The van der Waals surface area contributed by atoms with Gasteiger partial charge in [-0.2, -0.15) is 0 Å². The van der Waals surface area contributed by atoms with Gasteiger partial charge in [-0.1, -0.05) is 20.8 Å². The zero-order chi connectivity index (χ0) is 13.2. The number of carbonyl (C=O) groups excluding carboxylic acids is 1. The van der Waals surface area contributed by atoms with Crippen molar-refractivity contribution in [1.29, 1.82) is 0 Å². The van der Waals surface area contributed by atoms with Crippen molar-refractivity contribution in [3.05, 3.63) is 0 Å². The molecule has 0 radical (unpaired) electrons. The van der Waals surface area contributed by atoms with Gasteiger partial charge in [-0.15, -0.1) is 0 Å². The van der Waals surface area contributed by atoms with E-state index in [2.05, 4.69) is 20.8 Å². The highest BCUT2D eigenvalue weighted by atomic mass is 16.4. The second kappa shape index (κ2) is 4.94. The summed E-state index contributed by atoms with van der Waals surface area (Å²) in [7, 11) is 1.73. The van der Waals surface area contributed by atoms with E-state index in [0.29, 0.717) is 6.54 Å². The van der Waals surface area contributed by atoms with Gasteiger partial charge in [0.1, 0.15) is 6.54 Å². The molecule has 0 bridgehead atoms. The molecule has 17 heavy (non-hydrogen) atoms. The lowest BCUT2D eigenvalue weighted by Gasteiger charge is -2.31. The van der Waals surface area contributed by atoms with Crippen LogP contribution in [0.5, 0.6) is 0 Å². The quantitative estimate of drug-likeness (QED) is 0.815. The van der Waals surface area contributed by atoms with Crippen molar-refractivity contribution >= 4 is 12.0 Å². The maximum Gasteiger partial charge on any atom is 0.323 e. The Morgan fingerprint density at radius 1 is 1.29 bits per heavy atom. The van der Waals surface area contributed by atoms with Crippen LogP contribution in [-0.4, -0.2) is 53.1 Å². The van der Waals surface area contributed by atoms with Crippen molar-refractivity contribution in [1.82, 2.24) is 9.80 Å². The fraction of sp³-hybridized carbons (Fsp3) is 0.833. The van der Waals surface area contributed by atoms with Crippen LogP contribution in [0.25, 0.3) is 0 Å². The number of carboxylic acid groups (broad SMARTS) is 1. The largest absolute Gasteiger partial charge is 0.480 e. The van der Waals surface area contributed by atoms with E-state index in [0.717, 1.165) is 12.8 Å². The van der Waals surface area contributed by atoms with E-state index in [1.165, 1.54) is 4.90 Å². The normalized spacial score (nSPS) is 15.5. The molecule has 0 spiro atoms. The molecule has 0 aromatic heterocycles. The first-order valence-electron chi connectivity index (χ1n) is 5.94. The number of urea groups is 1. The van der Waals surface area contributed by atoms with Crippen LogP contribution >= 0.6 is 0 Å². The van der Waals surface area contributed by atoms with Gasteiger partial charge in [-0.3, -0.25) is 4.79 Å². The second-order valence-corrected chi connectivity index (χ2v) is 5.95. The van der Waals surface area contributed by atoms with Crippen LogP contribution in [0.2, 0.25) is 0 Å². The Bertz CT molecular complexity index is 305. The SMILES string of the molecule is CN(CC(C)(C)C)C(=O)N(CC(=O)O)C1CC1. The third-order valence-electron chi connectivity index (χ3n) is 2.58. The Morgan fingerprint density at radius 2 is 1.82 bits per heavy atom. The smallest absolute Gasteiger partial charge is 0.323 e. The maximum atomic E-state index is 12.1. The number of carbonyl (C=O) groups is 2. The summed E-state index contributed by atoms with van der Waals surface area (Å²) in [6.07, 6.45) is 1.84. The predicted molar refractivity (Wildman–Crippen MR) is 64.8 cm³/mol. The van der Waals surface area contributed by atoms with Gasteiger partial charge in [0, 0.05) is 19.6 Å². The Balaban J connectivity index is 2.61. The molecule has 0 aromatic rings. The highest BCUT2D eigenvalue weighted by molar-refractivity contribution is 5.80. The minimum atomic E-state index is -0.950. The molecule has 0 saturated heterocycles. The zero-order valence-electron chi connectivity index (χ0n) is 11.1. The van der Waals surface area contributed by atoms with Gasteiger partial charge in [0.2, 0.25) is 0 Å². The topological polar surface area (TPSA) is 60.9 Å². The molecule has 5 nitrogen and oxygen atoms in total. The third-order valence-corrected chi connectivity index (χ3v) is 2.58. The molecule has 1 saturated carbocycles. The van der Waals surface area contributed by atoms with Crippen molar-refractivity contribution in [2.24, 2.45) is 5.41 Å². The van der Waals surface area contributed by atoms with Crippen molar-refractivity contribution < 1.29 is 14.7 Å². The maximum absolute atomic E-state index is 12.1. The molecule has 1 rings (SSSR count). The lowest BCUT2D eigenvalue weighted by atomic mass is 9.96. The summed E-state index contributed by atoms with van der Waals surface area (Å²) in [6, 6.07) is -0.0501. The van der Waals surface area contributed by atoms with Gasteiger partial charge >= 0.3 is 12.0 Å². The summed E-state index contributed by atoms with van der Waals surface area (Å²) in [5.41, 5.74) is 0.0167. The van der Waals surface area contributed by atoms with E-state index in [9.17, 15) is 9.59 Å². The average molecular weight is 242 g/mol. The standard InChI is InChI=1S/C12H22N2O3/c1-12(2,3)8-13(4)11(17)14(7-10(15)16)9-5-6-9/h9H,5-8H2,1-4H3,(H,15,16). The third kappa shape index (κ3) is 4.63. The highest BCUT2D eigenvalue weighted by Crippen LogP contribution is 2.28. The minimum absolute atomic E-state index is 0.0167. The van der Waals surface area contributed by atoms with Crippen molar-refractivity contribution in [2.75, 3.05) is 20.1 Å². The Labute approximate surface area is 102 Å². The second-order valence-electron chi connectivity index (χ2n) is 5.95. The average Bonchev–Trinajstić information content (AvgIpc) is 2.93. The summed E-state index contributed by atoms with van der Waals surface area (Å²) in [5.74, 6) is -0.950. The summed E-state index contributed by atoms with van der Waals surface area (Å²) in [6.45, 7) is 6.58. The van der Waals surface area contributed by atoms with Gasteiger partial charge in [-0.25, -0.2) is 4.79 Å². The fourth-order valence-corrected chi connectivity index (χ4v) is 1.88. The van der Waals surface area contributed by atoms with E-state index >= 15 is 0 Å². The molecule has 98 valence electrons. The van der Waals surface area contributed by atoms with Crippen molar-refractivity contribution in [2.45, 2.75) is 39.7 Å². The lowest BCUT2D eigenvalue weighted by molar-refractivity contribution is -0.137. The molecule has 0 heterocycles. The van der Waals surface area contributed by atoms with Gasteiger partial charge in [0.25, 0.3) is 0 Å². The number of hydrogen-bond acceptors (Lipinski definition) is 2. The van der Waals surface area contributed by atoms with Crippen LogP contribution in [0.1, 0.15) is 33.6 Å². The summed E-state index contributed by atoms with van der Waals surface area (Å²) in [5, 5.41) is 8.81. The van der Waals surface area contributed by atoms with Crippen molar-refractivity contribution in [3.8, 4) is 0 Å². The number of rotatable bonds is 4. The molecule has 1 aliphatic rings. The van der Waals surface area contributed by atoms with Crippen LogP contribution in [0.4, 0.5) is 4.79 Å². The first-order valence-corrected chi connectivity index (χ1v) is 5.94. The molecular weight excluding hydrogens is 220 g/mol. The number of aliphatic carboxylic acids is 1. The molecule has 2 amide bonds.